The molecule has 0 spiro atoms. The van der Waals surface area contributed by atoms with Gasteiger partial charge in [0.05, 0.1) is 18.0 Å². The number of fused-ring (bicyclic) bond motifs is 1. The Labute approximate surface area is 102 Å². The van der Waals surface area contributed by atoms with Crippen LogP contribution < -0.4 is 10.5 Å². The van der Waals surface area contributed by atoms with Gasteiger partial charge in [-0.3, -0.25) is 4.98 Å². The third-order valence-electron chi connectivity index (χ3n) is 2.99. The van der Waals surface area contributed by atoms with Crippen molar-refractivity contribution in [1.29, 1.82) is 0 Å². The number of anilines is 1. The van der Waals surface area contributed by atoms with Crippen LogP contribution in [0.5, 0.6) is 5.75 Å². The molecule has 0 aliphatic heterocycles. The first kappa shape index (κ1) is 11.7. The van der Waals surface area contributed by atoms with Gasteiger partial charge in [-0.25, -0.2) is 0 Å². The van der Waals surface area contributed by atoms with Gasteiger partial charge in [0.15, 0.2) is 0 Å². The average Bonchev–Trinajstić information content (AvgIpc) is 2.30. The number of methoxy groups -OCH3 is 1. The number of hydrogen-bond donors (Lipinski definition) is 1. The Morgan fingerprint density at radius 3 is 2.59 bits per heavy atom. The minimum Gasteiger partial charge on any atom is -0.496 e. The molecule has 3 heteroatoms. The summed E-state index contributed by atoms with van der Waals surface area (Å²) in [6, 6.07) is 5.89. The molecule has 0 radical (unpaired) electrons. The first-order chi connectivity index (χ1) is 8.04. The van der Waals surface area contributed by atoms with Crippen LogP contribution in [0, 0.1) is 6.92 Å². The molecule has 2 aromatic rings. The minimum atomic E-state index is 0.368. The molecular weight excluding hydrogens is 212 g/mol. The molecule has 0 fully saturated rings. The molecule has 1 aromatic carbocycles. The summed E-state index contributed by atoms with van der Waals surface area (Å²) in [5.41, 5.74) is 9.93. The second-order valence-corrected chi connectivity index (χ2v) is 4.60. The first-order valence-corrected chi connectivity index (χ1v) is 5.78. The maximum atomic E-state index is 6.12. The van der Waals surface area contributed by atoms with E-state index in [2.05, 4.69) is 18.8 Å². The van der Waals surface area contributed by atoms with Gasteiger partial charge in [0.1, 0.15) is 5.75 Å². The molecule has 3 nitrogen and oxygen atoms in total. The maximum absolute atomic E-state index is 6.12. The Morgan fingerprint density at radius 1 is 1.29 bits per heavy atom. The molecule has 90 valence electrons. The van der Waals surface area contributed by atoms with Gasteiger partial charge in [-0.15, -0.1) is 0 Å². The van der Waals surface area contributed by atoms with Crippen LogP contribution in [-0.4, -0.2) is 12.1 Å². The number of aromatic nitrogens is 1. The zero-order valence-corrected chi connectivity index (χ0v) is 10.7. The van der Waals surface area contributed by atoms with Crippen molar-refractivity contribution in [2.45, 2.75) is 26.7 Å². The lowest BCUT2D eigenvalue weighted by molar-refractivity contribution is 0.420. The summed E-state index contributed by atoms with van der Waals surface area (Å²) in [6.45, 7) is 6.27. The number of aryl methyl sites for hydroxylation is 1. The summed E-state index contributed by atoms with van der Waals surface area (Å²) in [4.78, 5) is 4.68. The minimum absolute atomic E-state index is 0.368. The Bertz CT molecular complexity index is 562. The lowest BCUT2D eigenvalue weighted by Crippen LogP contribution is -2.00. The molecule has 0 bridgehead atoms. The smallest absolute Gasteiger partial charge is 0.130 e. The fraction of sp³-hybridized carbons (Fsp3) is 0.357. The predicted molar refractivity (Wildman–Crippen MR) is 71.5 cm³/mol. The van der Waals surface area contributed by atoms with Crippen LogP contribution >= 0.6 is 0 Å². The van der Waals surface area contributed by atoms with Crippen molar-refractivity contribution in [1.82, 2.24) is 4.98 Å². The molecule has 2 N–H and O–H groups in total. The molecule has 0 amide bonds. The van der Waals surface area contributed by atoms with Gasteiger partial charge >= 0.3 is 0 Å². The van der Waals surface area contributed by atoms with Crippen LogP contribution in [0.4, 0.5) is 5.69 Å². The second kappa shape index (κ2) is 4.24. The van der Waals surface area contributed by atoms with Gasteiger partial charge in [0.25, 0.3) is 0 Å². The lowest BCUT2D eigenvalue weighted by atomic mass is 10.0. The molecule has 0 saturated carbocycles. The molecule has 0 atom stereocenters. The Kier molecular flexibility index (Phi) is 2.92. The summed E-state index contributed by atoms with van der Waals surface area (Å²) < 4.78 is 5.34. The Hall–Kier alpha value is -1.77. The van der Waals surface area contributed by atoms with E-state index in [1.54, 1.807) is 7.11 Å². The molecule has 0 unspecified atom stereocenters. The van der Waals surface area contributed by atoms with Crippen molar-refractivity contribution in [3.05, 3.63) is 29.5 Å². The number of ether oxygens (including phenoxy) is 1. The summed E-state index contributed by atoms with van der Waals surface area (Å²) in [6.07, 6.45) is 0. The number of benzene rings is 1. The Balaban J connectivity index is 2.84. The van der Waals surface area contributed by atoms with E-state index in [0.29, 0.717) is 5.92 Å². The average molecular weight is 230 g/mol. The van der Waals surface area contributed by atoms with E-state index in [1.807, 2.05) is 25.1 Å². The number of nitrogens with two attached hydrogens (primary N) is 1. The van der Waals surface area contributed by atoms with Crippen LogP contribution in [-0.2, 0) is 0 Å². The maximum Gasteiger partial charge on any atom is 0.130 e. The van der Waals surface area contributed by atoms with E-state index in [4.69, 9.17) is 10.5 Å². The van der Waals surface area contributed by atoms with Crippen molar-refractivity contribution in [2.75, 3.05) is 12.8 Å². The molecular formula is C14H18N2O. The monoisotopic (exact) mass is 230 g/mol. The van der Waals surface area contributed by atoms with Gasteiger partial charge in [0.2, 0.25) is 0 Å². The molecule has 0 aliphatic carbocycles. The quantitative estimate of drug-likeness (QED) is 0.861. The number of rotatable bonds is 2. The first-order valence-electron chi connectivity index (χ1n) is 5.78. The zero-order valence-electron chi connectivity index (χ0n) is 10.7. The highest BCUT2D eigenvalue weighted by Crippen LogP contribution is 2.33. The Morgan fingerprint density at radius 2 is 2.00 bits per heavy atom. The van der Waals surface area contributed by atoms with E-state index >= 15 is 0 Å². The molecule has 0 aliphatic rings. The van der Waals surface area contributed by atoms with E-state index in [9.17, 15) is 0 Å². The van der Waals surface area contributed by atoms with Crippen molar-refractivity contribution in [2.24, 2.45) is 0 Å². The fourth-order valence-corrected chi connectivity index (χ4v) is 1.96. The molecule has 1 heterocycles. The SMILES string of the molecule is COc1ccc(C)c2nc(C(C)C)cc(N)c12. The van der Waals surface area contributed by atoms with Crippen molar-refractivity contribution in [3.8, 4) is 5.75 Å². The summed E-state index contributed by atoms with van der Waals surface area (Å²) in [5.74, 6) is 1.15. The van der Waals surface area contributed by atoms with Gasteiger partial charge in [-0.2, -0.15) is 0 Å². The topological polar surface area (TPSA) is 48.1 Å². The van der Waals surface area contributed by atoms with Gasteiger partial charge in [-0.1, -0.05) is 19.9 Å². The van der Waals surface area contributed by atoms with E-state index < -0.39 is 0 Å². The third-order valence-corrected chi connectivity index (χ3v) is 2.99. The lowest BCUT2D eigenvalue weighted by Gasteiger charge is -2.13. The summed E-state index contributed by atoms with van der Waals surface area (Å²) >= 11 is 0. The van der Waals surface area contributed by atoms with Crippen LogP contribution in [0.25, 0.3) is 10.9 Å². The van der Waals surface area contributed by atoms with Crippen molar-refractivity contribution in [3.63, 3.8) is 0 Å². The number of nitrogens with zero attached hydrogens (tertiary/aromatic N) is 1. The summed E-state index contributed by atoms with van der Waals surface area (Å²) in [7, 11) is 1.65. The molecule has 1 aromatic heterocycles. The largest absolute Gasteiger partial charge is 0.496 e. The molecule has 0 saturated heterocycles. The van der Waals surface area contributed by atoms with E-state index in [1.165, 1.54) is 0 Å². The van der Waals surface area contributed by atoms with E-state index in [-0.39, 0.29) is 0 Å². The number of pyridine rings is 1. The molecule has 17 heavy (non-hydrogen) atoms. The number of hydrogen-bond acceptors (Lipinski definition) is 3. The van der Waals surface area contributed by atoms with E-state index in [0.717, 1.165) is 33.6 Å². The van der Waals surface area contributed by atoms with Crippen LogP contribution in [0.15, 0.2) is 18.2 Å². The fourth-order valence-electron chi connectivity index (χ4n) is 1.96. The van der Waals surface area contributed by atoms with Crippen LogP contribution in [0.1, 0.15) is 31.0 Å². The van der Waals surface area contributed by atoms with Crippen molar-refractivity contribution < 1.29 is 4.74 Å². The van der Waals surface area contributed by atoms with Crippen LogP contribution in [0.3, 0.4) is 0 Å². The predicted octanol–water partition coefficient (Wildman–Crippen LogP) is 3.26. The van der Waals surface area contributed by atoms with Crippen LogP contribution in [0.2, 0.25) is 0 Å². The molecule has 2 rings (SSSR count). The van der Waals surface area contributed by atoms with Crippen molar-refractivity contribution >= 4 is 16.6 Å². The van der Waals surface area contributed by atoms with Gasteiger partial charge in [0, 0.05) is 11.4 Å². The summed E-state index contributed by atoms with van der Waals surface area (Å²) in [5, 5.41) is 0.914. The van der Waals surface area contributed by atoms with Gasteiger partial charge in [-0.05, 0) is 30.5 Å². The number of nitrogen functional groups attached to an aromatic ring is 1. The van der Waals surface area contributed by atoms with Gasteiger partial charge < -0.3 is 10.5 Å². The standard InChI is InChI=1S/C14H18N2O/c1-8(2)11-7-10(15)13-12(17-4)6-5-9(3)14(13)16-11/h5-8H,1-4H3,(H2,15,16). The highest BCUT2D eigenvalue weighted by Gasteiger charge is 2.12. The highest BCUT2D eigenvalue weighted by atomic mass is 16.5. The normalized spacial score (nSPS) is 11.1. The second-order valence-electron chi connectivity index (χ2n) is 4.60. The highest BCUT2D eigenvalue weighted by molar-refractivity contribution is 5.97. The third kappa shape index (κ3) is 1.93. The zero-order chi connectivity index (χ0) is 12.6.